The smallest absolute Gasteiger partial charge is 0.222 e. The quantitative estimate of drug-likeness (QED) is 0.805. The zero-order valence-corrected chi connectivity index (χ0v) is 8.44. The number of thioether (sulfide) groups is 1. The number of hydrogen-bond acceptors (Lipinski definition) is 4. The minimum absolute atomic E-state index is 0.413. The van der Waals surface area contributed by atoms with Gasteiger partial charge in [0.2, 0.25) is 5.95 Å². The van der Waals surface area contributed by atoms with Gasteiger partial charge in [-0.15, -0.1) is 0 Å². The molecule has 1 N–H and O–H groups in total. The normalized spacial score (nSPS) is 12.5. The maximum Gasteiger partial charge on any atom is 0.222 e. The van der Waals surface area contributed by atoms with Crippen molar-refractivity contribution in [2.75, 3.05) is 18.1 Å². The molecule has 1 rings (SSSR count). The van der Waals surface area contributed by atoms with Crippen LogP contribution < -0.4 is 5.32 Å². The Labute approximate surface area is 81.2 Å². The summed E-state index contributed by atoms with van der Waals surface area (Å²) in [4.78, 5) is 7.56. The molecule has 1 atom stereocenters. The largest absolute Gasteiger partial charge is 0.353 e. The molecule has 1 unspecified atom stereocenters. The highest BCUT2D eigenvalue weighted by molar-refractivity contribution is 7.99. The topological polar surface area (TPSA) is 37.8 Å². The van der Waals surface area contributed by atoms with Crippen LogP contribution in [0.3, 0.4) is 0 Å². The van der Waals surface area contributed by atoms with E-state index >= 15 is 0 Å². The Morgan fingerprint density at radius 1 is 1.54 bits per heavy atom. The van der Waals surface area contributed by atoms with E-state index in [4.69, 9.17) is 0 Å². The first-order chi connectivity index (χ1) is 6.22. The second kappa shape index (κ2) is 5.01. The van der Waals surface area contributed by atoms with E-state index < -0.39 is 5.82 Å². The minimum atomic E-state index is -0.413. The molecule has 13 heavy (non-hydrogen) atoms. The summed E-state index contributed by atoms with van der Waals surface area (Å²) in [6.07, 6.45) is 4.34. The molecule has 0 bridgehead atoms. The van der Waals surface area contributed by atoms with Crippen LogP contribution in [0.15, 0.2) is 12.4 Å². The van der Waals surface area contributed by atoms with Gasteiger partial charge in [0.05, 0.1) is 12.4 Å². The SMILES string of the molecule is CSC(C)CNc1ncc(F)cn1. The zero-order valence-electron chi connectivity index (χ0n) is 7.62. The predicted molar refractivity (Wildman–Crippen MR) is 53.5 cm³/mol. The molecule has 0 radical (unpaired) electrons. The fourth-order valence-electron chi connectivity index (χ4n) is 0.722. The van der Waals surface area contributed by atoms with Gasteiger partial charge in [0.1, 0.15) is 0 Å². The lowest BCUT2D eigenvalue weighted by Gasteiger charge is -2.08. The Morgan fingerprint density at radius 3 is 2.69 bits per heavy atom. The third kappa shape index (κ3) is 3.59. The van der Waals surface area contributed by atoms with Crippen molar-refractivity contribution in [1.82, 2.24) is 9.97 Å². The van der Waals surface area contributed by atoms with Crippen molar-refractivity contribution >= 4 is 17.7 Å². The van der Waals surface area contributed by atoms with Gasteiger partial charge in [-0.2, -0.15) is 11.8 Å². The highest BCUT2D eigenvalue weighted by Gasteiger charge is 2.00. The molecule has 1 heterocycles. The van der Waals surface area contributed by atoms with Gasteiger partial charge in [-0.1, -0.05) is 6.92 Å². The summed E-state index contributed by atoms with van der Waals surface area (Å²) in [5.74, 6) is 0.0609. The lowest BCUT2D eigenvalue weighted by Crippen LogP contribution is -2.14. The third-order valence-corrected chi connectivity index (χ3v) is 2.54. The average Bonchev–Trinajstić information content (AvgIpc) is 2.16. The van der Waals surface area contributed by atoms with Crippen LogP contribution in [-0.2, 0) is 0 Å². The van der Waals surface area contributed by atoms with Crippen molar-refractivity contribution in [1.29, 1.82) is 0 Å². The van der Waals surface area contributed by atoms with E-state index in [2.05, 4.69) is 22.2 Å². The van der Waals surface area contributed by atoms with Gasteiger partial charge in [0.15, 0.2) is 5.82 Å². The molecular weight excluding hydrogens is 189 g/mol. The first-order valence-corrected chi connectivity index (χ1v) is 5.25. The fourth-order valence-corrected chi connectivity index (χ4v) is 0.972. The van der Waals surface area contributed by atoms with E-state index in [0.29, 0.717) is 11.2 Å². The van der Waals surface area contributed by atoms with E-state index in [1.54, 1.807) is 11.8 Å². The molecule has 0 saturated carbocycles. The van der Waals surface area contributed by atoms with Crippen LogP contribution in [0.25, 0.3) is 0 Å². The first kappa shape index (κ1) is 10.2. The van der Waals surface area contributed by atoms with Crippen LogP contribution in [0.1, 0.15) is 6.92 Å². The van der Waals surface area contributed by atoms with Gasteiger partial charge in [0.25, 0.3) is 0 Å². The lowest BCUT2D eigenvalue weighted by molar-refractivity contribution is 0.614. The number of halogens is 1. The van der Waals surface area contributed by atoms with Crippen LogP contribution >= 0.6 is 11.8 Å². The Bertz CT molecular complexity index is 252. The second-order valence-corrected chi connectivity index (χ2v) is 3.93. The average molecular weight is 201 g/mol. The summed E-state index contributed by atoms with van der Waals surface area (Å²) in [6, 6.07) is 0. The van der Waals surface area contributed by atoms with Crippen LogP contribution in [0.2, 0.25) is 0 Å². The zero-order chi connectivity index (χ0) is 9.68. The standard InChI is InChI=1S/C8H12FN3S/c1-6(13-2)3-10-8-11-4-7(9)5-12-8/h4-6H,3H2,1-2H3,(H,10,11,12). The van der Waals surface area contributed by atoms with Crippen molar-refractivity contribution in [3.05, 3.63) is 18.2 Å². The molecule has 0 aromatic carbocycles. The van der Waals surface area contributed by atoms with Crippen molar-refractivity contribution in [2.24, 2.45) is 0 Å². The molecular formula is C8H12FN3S. The molecule has 5 heteroatoms. The van der Waals surface area contributed by atoms with Gasteiger partial charge < -0.3 is 5.32 Å². The van der Waals surface area contributed by atoms with Crippen LogP contribution in [0.4, 0.5) is 10.3 Å². The Morgan fingerprint density at radius 2 is 2.15 bits per heavy atom. The summed E-state index contributed by atoms with van der Waals surface area (Å²) < 4.78 is 12.4. The fraction of sp³-hybridized carbons (Fsp3) is 0.500. The second-order valence-electron chi connectivity index (χ2n) is 2.65. The number of hydrogen-bond donors (Lipinski definition) is 1. The summed E-state index contributed by atoms with van der Waals surface area (Å²) in [5, 5.41) is 3.51. The number of rotatable bonds is 4. The summed E-state index contributed by atoms with van der Waals surface area (Å²) in [6.45, 7) is 2.88. The maximum atomic E-state index is 12.4. The van der Waals surface area contributed by atoms with E-state index in [9.17, 15) is 4.39 Å². The molecule has 0 aliphatic carbocycles. The molecule has 1 aromatic heterocycles. The third-order valence-electron chi connectivity index (χ3n) is 1.57. The molecule has 0 aliphatic rings. The number of nitrogens with one attached hydrogen (secondary N) is 1. The van der Waals surface area contributed by atoms with Crippen LogP contribution in [-0.4, -0.2) is 28.0 Å². The highest BCUT2D eigenvalue weighted by Crippen LogP contribution is 2.05. The van der Waals surface area contributed by atoms with Crippen molar-refractivity contribution in [3.63, 3.8) is 0 Å². The molecule has 0 saturated heterocycles. The van der Waals surface area contributed by atoms with Gasteiger partial charge in [-0.25, -0.2) is 14.4 Å². The van der Waals surface area contributed by atoms with E-state index in [0.717, 1.165) is 18.9 Å². The van der Waals surface area contributed by atoms with Gasteiger partial charge in [0, 0.05) is 11.8 Å². The monoisotopic (exact) mass is 201 g/mol. The summed E-state index contributed by atoms with van der Waals surface area (Å²) >= 11 is 1.76. The van der Waals surface area contributed by atoms with Crippen LogP contribution in [0, 0.1) is 5.82 Å². The molecule has 0 amide bonds. The van der Waals surface area contributed by atoms with Gasteiger partial charge >= 0.3 is 0 Å². The Kier molecular flexibility index (Phi) is 3.95. The minimum Gasteiger partial charge on any atom is -0.353 e. The molecule has 1 aromatic rings. The number of nitrogens with zero attached hydrogens (tertiary/aromatic N) is 2. The molecule has 3 nitrogen and oxygen atoms in total. The number of anilines is 1. The maximum absolute atomic E-state index is 12.4. The highest BCUT2D eigenvalue weighted by atomic mass is 32.2. The molecule has 0 spiro atoms. The molecule has 0 fully saturated rings. The van der Waals surface area contributed by atoms with Gasteiger partial charge in [-0.05, 0) is 6.26 Å². The van der Waals surface area contributed by atoms with Crippen molar-refractivity contribution in [2.45, 2.75) is 12.2 Å². The Balaban J connectivity index is 2.41. The predicted octanol–water partition coefficient (Wildman–Crippen LogP) is 1.78. The Hall–Kier alpha value is -0.840. The lowest BCUT2D eigenvalue weighted by atomic mass is 10.5. The van der Waals surface area contributed by atoms with E-state index in [1.165, 1.54) is 0 Å². The van der Waals surface area contributed by atoms with Crippen LogP contribution in [0.5, 0.6) is 0 Å². The van der Waals surface area contributed by atoms with Crippen molar-refractivity contribution < 1.29 is 4.39 Å². The number of aromatic nitrogens is 2. The van der Waals surface area contributed by atoms with Crippen molar-refractivity contribution in [3.8, 4) is 0 Å². The summed E-state index contributed by atoms with van der Waals surface area (Å²) in [5.41, 5.74) is 0. The first-order valence-electron chi connectivity index (χ1n) is 3.96. The molecule has 72 valence electrons. The van der Waals surface area contributed by atoms with Gasteiger partial charge in [-0.3, -0.25) is 0 Å². The summed E-state index contributed by atoms with van der Waals surface area (Å²) in [7, 11) is 0. The van der Waals surface area contributed by atoms with E-state index in [-0.39, 0.29) is 0 Å². The van der Waals surface area contributed by atoms with E-state index in [1.807, 2.05) is 6.26 Å². The molecule has 0 aliphatic heterocycles.